The summed E-state index contributed by atoms with van der Waals surface area (Å²) in [5.41, 5.74) is 3.58. The van der Waals surface area contributed by atoms with Gasteiger partial charge in [-0.05, 0) is 42.5 Å². The Balaban J connectivity index is 1.57. The molecule has 0 aliphatic carbocycles. The molecule has 1 heterocycles. The van der Waals surface area contributed by atoms with E-state index in [1.165, 1.54) is 16.5 Å². The highest BCUT2D eigenvalue weighted by Gasteiger charge is 2.06. The van der Waals surface area contributed by atoms with Gasteiger partial charge in [-0.2, -0.15) is 0 Å². The van der Waals surface area contributed by atoms with Gasteiger partial charge >= 0.3 is 0 Å². The minimum absolute atomic E-state index is 0.0500. The second kappa shape index (κ2) is 6.48. The molecule has 0 radical (unpaired) electrons. The molecule has 3 heteroatoms. The highest BCUT2D eigenvalue weighted by atomic mass is 16.1. The zero-order valence-electron chi connectivity index (χ0n) is 12.8. The Hall–Kier alpha value is -2.55. The van der Waals surface area contributed by atoms with E-state index in [0.29, 0.717) is 13.1 Å². The van der Waals surface area contributed by atoms with Crippen LogP contribution in [0.4, 0.5) is 0 Å². The van der Waals surface area contributed by atoms with E-state index < -0.39 is 0 Å². The number of nitrogens with zero attached hydrogens (tertiary/aromatic N) is 1. The second-order valence-electron chi connectivity index (χ2n) is 5.59. The van der Waals surface area contributed by atoms with Crippen molar-refractivity contribution in [3.05, 3.63) is 71.9 Å². The number of carbonyl (C=O) groups is 1. The Morgan fingerprint density at radius 3 is 2.73 bits per heavy atom. The summed E-state index contributed by atoms with van der Waals surface area (Å²) in [5, 5.41) is 4.16. The largest absolute Gasteiger partial charge is 0.354 e. The lowest BCUT2D eigenvalue weighted by Gasteiger charge is -2.08. The van der Waals surface area contributed by atoms with Crippen molar-refractivity contribution in [2.75, 3.05) is 6.54 Å². The fraction of sp³-hybridized carbons (Fsp3) is 0.211. The Bertz CT molecular complexity index is 774. The molecule has 0 aliphatic heterocycles. The Labute approximate surface area is 130 Å². The summed E-state index contributed by atoms with van der Waals surface area (Å²) in [5.74, 6) is 0.0500. The molecule has 0 spiro atoms. The monoisotopic (exact) mass is 292 g/mol. The quantitative estimate of drug-likeness (QED) is 0.769. The normalized spacial score (nSPS) is 10.8. The first-order valence-corrected chi connectivity index (χ1v) is 7.58. The van der Waals surface area contributed by atoms with E-state index in [0.717, 1.165) is 11.9 Å². The zero-order valence-corrected chi connectivity index (χ0v) is 12.8. The third-order valence-corrected chi connectivity index (χ3v) is 3.82. The van der Waals surface area contributed by atoms with E-state index >= 15 is 0 Å². The lowest BCUT2D eigenvalue weighted by molar-refractivity contribution is -0.121. The van der Waals surface area contributed by atoms with Gasteiger partial charge in [0, 0.05) is 18.3 Å². The number of hydrogen-bond donors (Lipinski definition) is 1. The average Bonchev–Trinajstić information content (AvgIpc) is 2.90. The lowest BCUT2D eigenvalue weighted by atomic mass is 10.1. The molecule has 0 unspecified atom stereocenters. The molecule has 112 valence electrons. The number of aryl methyl sites for hydroxylation is 1. The average molecular weight is 292 g/mol. The van der Waals surface area contributed by atoms with Gasteiger partial charge in [0.1, 0.15) is 6.54 Å². The molecule has 3 rings (SSSR count). The van der Waals surface area contributed by atoms with Crippen molar-refractivity contribution in [2.24, 2.45) is 0 Å². The number of hydrogen-bond acceptors (Lipinski definition) is 1. The van der Waals surface area contributed by atoms with Crippen LogP contribution in [0, 0.1) is 6.92 Å². The molecule has 0 fully saturated rings. The zero-order chi connectivity index (χ0) is 15.4. The van der Waals surface area contributed by atoms with Gasteiger partial charge in [0.2, 0.25) is 5.91 Å². The van der Waals surface area contributed by atoms with E-state index in [1.54, 1.807) is 0 Å². The van der Waals surface area contributed by atoms with Crippen LogP contribution in [-0.4, -0.2) is 17.0 Å². The van der Waals surface area contributed by atoms with Crippen LogP contribution in [0.15, 0.2) is 60.8 Å². The van der Waals surface area contributed by atoms with Crippen molar-refractivity contribution in [1.82, 2.24) is 9.88 Å². The third-order valence-electron chi connectivity index (χ3n) is 3.82. The minimum Gasteiger partial charge on any atom is -0.354 e. The standard InChI is InChI=1S/C19H20N2O/c1-15-7-8-18-17(13-15)10-12-21(18)14-19(22)20-11-9-16-5-3-2-4-6-16/h2-8,10,12-13H,9,11,14H2,1H3,(H,20,22). The first kappa shape index (κ1) is 14.4. The van der Waals surface area contributed by atoms with Crippen LogP contribution in [0.3, 0.4) is 0 Å². The summed E-state index contributed by atoms with van der Waals surface area (Å²) in [6, 6.07) is 18.5. The van der Waals surface area contributed by atoms with E-state index in [9.17, 15) is 4.79 Å². The maximum atomic E-state index is 12.1. The Kier molecular flexibility index (Phi) is 4.24. The number of benzene rings is 2. The first-order chi connectivity index (χ1) is 10.7. The summed E-state index contributed by atoms with van der Waals surface area (Å²) in [6.07, 6.45) is 2.83. The summed E-state index contributed by atoms with van der Waals surface area (Å²) in [4.78, 5) is 12.1. The molecule has 0 saturated heterocycles. The van der Waals surface area contributed by atoms with Crippen LogP contribution in [-0.2, 0) is 17.8 Å². The Morgan fingerprint density at radius 2 is 1.91 bits per heavy atom. The van der Waals surface area contributed by atoms with Crippen LogP contribution in [0.5, 0.6) is 0 Å². The van der Waals surface area contributed by atoms with Crippen molar-refractivity contribution < 1.29 is 4.79 Å². The molecule has 1 amide bonds. The van der Waals surface area contributed by atoms with Gasteiger partial charge < -0.3 is 9.88 Å². The predicted octanol–water partition coefficient (Wildman–Crippen LogP) is 3.31. The number of carbonyl (C=O) groups excluding carboxylic acids is 1. The van der Waals surface area contributed by atoms with Gasteiger partial charge in [-0.3, -0.25) is 4.79 Å². The van der Waals surface area contributed by atoms with Crippen molar-refractivity contribution in [2.45, 2.75) is 19.9 Å². The van der Waals surface area contributed by atoms with Crippen molar-refractivity contribution >= 4 is 16.8 Å². The van der Waals surface area contributed by atoms with Crippen LogP contribution in [0.2, 0.25) is 0 Å². The van der Waals surface area contributed by atoms with Gasteiger partial charge in [-0.1, -0.05) is 42.0 Å². The molecule has 1 aromatic heterocycles. The van der Waals surface area contributed by atoms with Crippen LogP contribution in [0.25, 0.3) is 10.9 Å². The molecule has 3 nitrogen and oxygen atoms in total. The van der Waals surface area contributed by atoms with Crippen LogP contribution in [0.1, 0.15) is 11.1 Å². The molecule has 0 saturated carbocycles. The third kappa shape index (κ3) is 3.37. The van der Waals surface area contributed by atoms with Crippen molar-refractivity contribution in [1.29, 1.82) is 0 Å². The van der Waals surface area contributed by atoms with E-state index in [2.05, 4.69) is 48.6 Å². The Morgan fingerprint density at radius 1 is 1.09 bits per heavy atom. The van der Waals surface area contributed by atoms with E-state index in [-0.39, 0.29) is 5.91 Å². The summed E-state index contributed by atoms with van der Waals surface area (Å²) in [6.45, 7) is 3.11. The molecule has 2 aromatic carbocycles. The predicted molar refractivity (Wildman–Crippen MR) is 89.8 cm³/mol. The molecule has 0 bridgehead atoms. The van der Waals surface area contributed by atoms with Crippen LogP contribution >= 0.6 is 0 Å². The molecular weight excluding hydrogens is 272 g/mol. The lowest BCUT2D eigenvalue weighted by Crippen LogP contribution is -2.29. The van der Waals surface area contributed by atoms with Crippen molar-refractivity contribution in [3.8, 4) is 0 Å². The maximum absolute atomic E-state index is 12.1. The highest BCUT2D eigenvalue weighted by molar-refractivity contribution is 5.83. The fourth-order valence-corrected chi connectivity index (χ4v) is 2.66. The summed E-state index contributed by atoms with van der Waals surface area (Å²) < 4.78 is 1.99. The molecule has 0 atom stereocenters. The number of nitrogens with one attached hydrogen (secondary N) is 1. The maximum Gasteiger partial charge on any atom is 0.239 e. The number of amides is 1. The summed E-state index contributed by atoms with van der Waals surface area (Å²) >= 11 is 0. The number of aromatic nitrogens is 1. The minimum atomic E-state index is 0.0500. The van der Waals surface area contributed by atoms with Crippen LogP contribution < -0.4 is 5.32 Å². The van der Waals surface area contributed by atoms with Gasteiger partial charge in [0.05, 0.1) is 0 Å². The topological polar surface area (TPSA) is 34.0 Å². The molecule has 3 aromatic rings. The molecular formula is C19H20N2O. The van der Waals surface area contributed by atoms with Gasteiger partial charge in [0.25, 0.3) is 0 Å². The SMILES string of the molecule is Cc1ccc2c(ccn2CC(=O)NCCc2ccccc2)c1. The highest BCUT2D eigenvalue weighted by Crippen LogP contribution is 2.17. The summed E-state index contributed by atoms with van der Waals surface area (Å²) in [7, 11) is 0. The fourth-order valence-electron chi connectivity index (χ4n) is 2.66. The second-order valence-corrected chi connectivity index (χ2v) is 5.59. The van der Waals surface area contributed by atoms with E-state index in [1.807, 2.05) is 29.0 Å². The molecule has 0 aliphatic rings. The van der Waals surface area contributed by atoms with Gasteiger partial charge in [0.15, 0.2) is 0 Å². The van der Waals surface area contributed by atoms with Gasteiger partial charge in [-0.25, -0.2) is 0 Å². The number of rotatable bonds is 5. The molecule has 1 N–H and O–H groups in total. The molecule has 22 heavy (non-hydrogen) atoms. The first-order valence-electron chi connectivity index (χ1n) is 7.58. The van der Waals surface area contributed by atoms with E-state index in [4.69, 9.17) is 0 Å². The van der Waals surface area contributed by atoms with Gasteiger partial charge in [-0.15, -0.1) is 0 Å². The smallest absolute Gasteiger partial charge is 0.239 e. The van der Waals surface area contributed by atoms with Crippen molar-refractivity contribution in [3.63, 3.8) is 0 Å². The number of fused-ring (bicyclic) bond motifs is 1.